The summed E-state index contributed by atoms with van der Waals surface area (Å²) >= 11 is 2.43. The first-order chi connectivity index (χ1) is 14.4. The van der Waals surface area contributed by atoms with E-state index in [9.17, 15) is 18.0 Å². The Labute approximate surface area is 182 Å². The van der Waals surface area contributed by atoms with Gasteiger partial charge in [0.25, 0.3) is 11.8 Å². The van der Waals surface area contributed by atoms with Crippen LogP contribution < -0.4 is 10.6 Å². The first kappa shape index (κ1) is 20.7. The Morgan fingerprint density at radius 3 is 2.23 bits per heavy atom. The standard InChI is InChI=1S/C20H19N3O4S3/c24-19(16-7-4-11-28-16)21-14-5-3-6-15(13-14)22-20(25)18-17(8-12-29-18)30(26,27)23-9-1-2-10-23/h3-8,11-13H,1-2,9-10H2,(H,21,24)(H,22,25). The molecule has 0 unspecified atom stereocenters. The Balaban J connectivity index is 1.50. The second kappa shape index (κ2) is 8.68. The van der Waals surface area contributed by atoms with Gasteiger partial charge in [0.1, 0.15) is 9.77 Å². The minimum atomic E-state index is -3.69. The van der Waals surface area contributed by atoms with Crippen LogP contribution >= 0.6 is 22.7 Å². The number of benzene rings is 1. The summed E-state index contributed by atoms with van der Waals surface area (Å²) in [6.45, 7) is 0.955. The molecule has 2 aromatic heterocycles. The summed E-state index contributed by atoms with van der Waals surface area (Å²) in [4.78, 5) is 25.8. The highest BCUT2D eigenvalue weighted by molar-refractivity contribution is 7.89. The summed E-state index contributed by atoms with van der Waals surface area (Å²) in [5.41, 5.74) is 0.990. The van der Waals surface area contributed by atoms with Gasteiger partial charge in [-0.3, -0.25) is 9.59 Å². The van der Waals surface area contributed by atoms with E-state index < -0.39 is 15.9 Å². The minimum absolute atomic E-state index is 0.0362. The van der Waals surface area contributed by atoms with Gasteiger partial charge >= 0.3 is 0 Å². The maximum Gasteiger partial charge on any atom is 0.267 e. The molecule has 2 N–H and O–H groups in total. The smallest absolute Gasteiger partial charge is 0.267 e. The van der Waals surface area contributed by atoms with E-state index in [1.165, 1.54) is 21.7 Å². The summed E-state index contributed by atoms with van der Waals surface area (Å²) < 4.78 is 27.2. The van der Waals surface area contributed by atoms with Crippen molar-refractivity contribution in [2.75, 3.05) is 23.7 Å². The highest BCUT2D eigenvalue weighted by Gasteiger charge is 2.31. The maximum absolute atomic E-state index is 12.9. The molecule has 7 nitrogen and oxygen atoms in total. The largest absolute Gasteiger partial charge is 0.321 e. The van der Waals surface area contributed by atoms with Crippen molar-refractivity contribution >= 4 is 55.9 Å². The molecule has 3 aromatic rings. The van der Waals surface area contributed by atoms with E-state index in [0.29, 0.717) is 29.3 Å². The van der Waals surface area contributed by atoms with E-state index >= 15 is 0 Å². The zero-order chi connectivity index (χ0) is 21.1. The van der Waals surface area contributed by atoms with Crippen molar-refractivity contribution < 1.29 is 18.0 Å². The third-order valence-electron chi connectivity index (χ3n) is 4.64. The molecule has 0 atom stereocenters. The molecular formula is C20H19N3O4S3. The van der Waals surface area contributed by atoms with Crippen molar-refractivity contribution in [2.45, 2.75) is 17.7 Å². The molecule has 0 radical (unpaired) electrons. The molecule has 1 saturated heterocycles. The molecule has 156 valence electrons. The van der Waals surface area contributed by atoms with Crippen LogP contribution in [0.25, 0.3) is 0 Å². The van der Waals surface area contributed by atoms with Crippen molar-refractivity contribution in [3.05, 3.63) is 63.0 Å². The van der Waals surface area contributed by atoms with Crippen molar-refractivity contribution in [2.24, 2.45) is 0 Å². The molecule has 0 saturated carbocycles. The maximum atomic E-state index is 12.9. The zero-order valence-electron chi connectivity index (χ0n) is 15.8. The molecule has 1 aromatic carbocycles. The van der Waals surface area contributed by atoms with Gasteiger partial charge in [-0.2, -0.15) is 4.31 Å². The van der Waals surface area contributed by atoms with Gasteiger partial charge in [0, 0.05) is 24.5 Å². The van der Waals surface area contributed by atoms with Gasteiger partial charge in [0.05, 0.1) is 4.88 Å². The van der Waals surface area contributed by atoms with Crippen molar-refractivity contribution in [1.29, 1.82) is 0 Å². The van der Waals surface area contributed by atoms with Crippen LogP contribution in [0.5, 0.6) is 0 Å². The van der Waals surface area contributed by atoms with Gasteiger partial charge in [-0.15, -0.1) is 22.7 Å². The molecule has 1 fully saturated rings. The number of anilines is 2. The lowest BCUT2D eigenvalue weighted by atomic mass is 10.2. The number of carbonyl (C=O) groups is 2. The average Bonchev–Trinajstić information content (AvgIpc) is 3.51. The molecule has 30 heavy (non-hydrogen) atoms. The van der Waals surface area contributed by atoms with Gasteiger partial charge in [-0.05, 0) is 53.9 Å². The van der Waals surface area contributed by atoms with Crippen LogP contribution in [0.15, 0.2) is 58.1 Å². The normalized spacial score (nSPS) is 14.5. The molecule has 2 amide bonds. The molecule has 0 bridgehead atoms. The fourth-order valence-electron chi connectivity index (χ4n) is 3.20. The Morgan fingerprint density at radius 2 is 1.57 bits per heavy atom. The van der Waals surface area contributed by atoms with Crippen molar-refractivity contribution in [3.8, 4) is 0 Å². The predicted molar refractivity (Wildman–Crippen MR) is 119 cm³/mol. The number of rotatable bonds is 6. The number of thiophene rings is 2. The predicted octanol–water partition coefficient (Wildman–Crippen LogP) is 4.10. The Hall–Kier alpha value is -2.53. The number of carbonyl (C=O) groups excluding carboxylic acids is 2. The second-order valence-electron chi connectivity index (χ2n) is 6.69. The highest BCUT2D eigenvalue weighted by Crippen LogP contribution is 2.28. The van der Waals surface area contributed by atoms with Gasteiger partial charge in [0.2, 0.25) is 10.0 Å². The lowest BCUT2D eigenvalue weighted by Gasteiger charge is -2.15. The summed E-state index contributed by atoms with van der Waals surface area (Å²) in [6.07, 6.45) is 1.66. The second-order valence-corrected chi connectivity index (χ2v) is 10.5. The highest BCUT2D eigenvalue weighted by atomic mass is 32.2. The number of sulfonamides is 1. The third-order valence-corrected chi connectivity index (χ3v) is 8.49. The monoisotopic (exact) mass is 461 g/mol. The van der Waals surface area contributed by atoms with Crippen LogP contribution in [0.4, 0.5) is 11.4 Å². The van der Waals surface area contributed by atoms with E-state index in [0.717, 1.165) is 24.2 Å². The Bertz CT molecular complexity index is 1160. The fraction of sp³-hybridized carbons (Fsp3) is 0.200. The number of amides is 2. The van der Waals surface area contributed by atoms with Gasteiger partial charge < -0.3 is 10.6 Å². The summed E-state index contributed by atoms with van der Waals surface area (Å²) in [5, 5.41) is 8.95. The van der Waals surface area contributed by atoms with Gasteiger partial charge in [0.15, 0.2) is 0 Å². The number of hydrogen-bond acceptors (Lipinski definition) is 6. The van der Waals surface area contributed by atoms with Crippen LogP contribution in [-0.2, 0) is 10.0 Å². The summed E-state index contributed by atoms with van der Waals surface area (Å²) in [5.74, 6) is -0.727. The first-order valence-electron chi connectivity index (χ1n) is 9.29. The molecule has 3 heterocycles. The van der Waals surface area contributed by atoms with Crippen LogP contribution in [0, 0.1) is 0 Å². The summed E-state index contributed by atoms with van der Waals surface area (Å²) in [6, 6.07) is 11.7. The first-order valence-corrected chi connectivity index (χ1v) is 12.5. The molecular weight excluding hydrogens is 442 g/mol. The molecule has 0 spiro atoms. The van der Waals surface area contributed by atoms with E-state index in [2.05, 4.69) is 10.6 Å². The Morgan fingerprint density at radius 1 is 0.867 bits per heavy atom. The molecule has 4 rings (SSSR count). The SMILES string of the molecule is O=C(Nc1cccc(NC(=O)c2sccc2S(=O)(=O)N2CCCC2)c1)c1cccs1. The summed E-state index contributed by atoms with van der Waals surface area (Å²) in [7, 11) is -3.69. The number of hydrogen-bond donors (Lipinski definition) is 2. The fourth-order valence-corrected chi connectivity index (χ4v) is 6.63. The molecule has 10 heteroatoms. The minimum Gasteiger partial charge on any atom is -0.321 e. The van der Waals surface area contributed by atoms with Crippen LogP contribution in [-0.4, -0.2) is 37.6 Å². The van der Waals surface area contributed by atoms with E-state index in [1.807, 2.05) is 5.38 Å². The number of nitrogens with one attached hydrogen (secondary N) is 2. The quantitative estimate of drug-likeness (QED) is 0.578. The Kier molecular flexibility index (Phi) is 6.00. The van der Waals surface area contributed by atoms with Gasteiger partial charge in [-0.1, -0.05) is 12.1 Å². The molecule has 1 aliphatic heterocycles. The van der Waals surface area contributed by atoms with Gasteiger partial charge in [-0.25, -0.2) is 8.42 Å². The third kappa shape index (κ3) is 4.31. The van der Waals surface area contributed by atoms with Crippen LogP contribution in [0.1, 0.15) is 32.2 Å². The lowest BCUT2D eigenvalue weighted by molar-refractivity contribution is 0.102. The van der Waals surface area contributed by atoms with Crippen LogP contribution in [0.2, 0.25) is 0 Å². The van der Waals surface area contributed by atoms with Crippen molar-refractivity contribution in [1.82, 2.24) is 4.31 Å². The van der Waals surface area contributed by atoms with E-state index in [1.54, 1.807) is 41.8 Å². The zero-order valence-corrected chi connectivity index (χ0v) is 18.3. The van der Waals surface area contributed by atoms with E-state index in [-0.39, 0.29) is 15.7 Å². The van der Waals surface area contributed by atoms with Crippen LogP contribution in [0.3, 0.4) is 0 Å². The molecule has 1 aliphatic rings. The van der Waals surface area contributed by atoms with Crippen molar-refractivity contribution in [3.63, 3.8) is 0 Å². The average molecular weight is 462 g/mol. The molecule has 0 aliphatic carbocycles. The lowest BCUT2D eigenvalue weighted by Crippen LogP contribution is -2.29. The topological polar surface area (TPSA) is 95.6 Å². The number of nitrogens with zero attached hydrogens (tertiary/aromatic N) is 1. The van der Waals surface area contributed by atoms with E-state index in [4.69, 9.17) is 0 Å².